The van der Waals surface area contributed by atoms with Gasteiger partial charge in [0.15, 0.2) is 0 Å². The molecule has 132 valence electrons. The number of amides is 1. The third-order valence-electron chi connectivity index (χ3n) is 2.96. The Hall–Kier alpha value is -1.72. The Morgan fingerprint density at radius 1 is 1.00 bits per heavy atom. The van der Waals surface area contributed by atoms with Gasteiger partial charge in [-0.25, -0.2) is 4.79 Å². The van der Waals surface area contributed by atoms with Crippen molar-refractivity contribution in [1.82, 2.24) is 10.2 Å². The SMILES string of the molecule is CC(C)(C)OC(=O)C/C=C(/NC(=O)OC(C)(C)C)N1CCCC1. The van der Waals surface area contributed by atoms with Crippen LogP contribution in [0.3, 0.4) is 0 Å². The van der Waals surface area contributed by atoms with Crippen LogP contribution in [0, 0.1) is 0 Å². The maximum absolute atomic E-state index is 12.0. The lowest BCUT2D eigenvalue weighted by atomic mass is 10.2. The highest BCUT2D eigenvalue weighted by molar-refractivity contribution is 5.73. The molecule has 0 saturated carbocycles. The van der Waals surface area contributed by atoms with Crippen molar-refractivity contribution in [3.8, 4) is 0 Å². The van der Waals surface area contributed by atoms with E-state index in [1.165, 1.54) is 0 Å². The van der Waals surface area contributed by atoms with E-state index in [0.717, 1.165) is 25.9 Å². The normalized spacial score (nSPS) is 16.3. The zero-order chi connectivity index (χ0) is 17.7. The van der Waals surface area contributed by atoms with Gasteiger partial charge in [-0.1, -0.05) is 0 Å². The summed E-state index contributed by atoms with van der Waals surface area (Å²) in [4.78, 5) is 25.9. The summed E-state index contributed by atoms with van der Waals surface area (Å²) in [7, 11) is 0. The summed E-state index contributed by atoms with van der Waals surface area (Å²) in [6.45, 7) is 12.6. The Bertz CT molecular complexity index is 452. The second kappa shape index (κ2) is 7.70. The summed E-state index contributed by atoms with van der Waals surface area (Å²) in [5.74, 6) is 0.294. The van der Waals surface area contributed by atoms with Gasteiger partial charge in [0.1, 0.15) is 17.0 Å². The molecule has 0 aromatic carbocycles. The first kappa shape index (κ1) is 19.3. The van der Waals surface area contributed by atoms with E-state index in [4.69, 9.17) is 9.47 Å². The molecule has 1 N–H and O–H groups in total. The van der Waals surface area contributed by atoms with E-state index < -0.39 is 17.3 Å². The molecule has 0 unspecified atom stereocenters. The molecule has 1 amide bonds. The predicted molar refractivity (Wildman–Crippen MR) is 88.7 cm³/mol. The number of alkyl carbamates (subject to hydrolysis) is 1. The fraction of sp³-hybridized carbons (Fsp3) is 0.765. The molecule has 0 radical (unpaired) electrons. The number of hydrogen-bond donors (Lipinski definition) is 1. The van der Waals surface area contributed by atoms with Crippen LogP contribution in [0.1, 0.15) is 60.8 Å². The molecule has 0 spiro atoms. The van der Waals surface area contributed by atoms with Crippen molar-refractivity contribution in [2.45, 2.75) is 72.0 Å². The molecule has 0 aromatic heterocycles. The Labute approximate surface area is 139 Å². The summed E-state index contributed by atoms with van der Waals surface area (Å²) in [5.41, 5.74) is -1.08. The molecule has 1 aliphatic rings. The van der Waals surface area contributed by atoms with Crippen molar-refractivity contribution < 1.29 is 19.1 Å². The van der Waals surface area contributed by atoms with Crippen LogP contribution >= 0.6 is 0 Å². The number of carbonyl (C=O) groups is 2. The molecule has 0 aliphatic carbocycles. The summed E-state index contributed by atoms with van der Waals surface area (Å²) in [6.07, 6.45) is 3.43. The van der Waals surface area contributed by atoms with Crippen LogP contribution in [0.5, 0.6) is 0 Å². The highest BCUT2D eigenvalue weighted by Gasteiger charge is 2.22. The lowest BCUT2D eigenvalue weighted by molar-refractivity contribution is -0.153. The molecular formula is C17H30N2O4. The molecule has 0 aromatic rings. The number of hydrogen-bond acceptors (Lipinski definition) is 5. The van der Waals surface area contributed by atoms with Crippen LogP contribution in [0.25, 0.3) is 0 Å². The van der Waals surface area contributed by atoms with E-state index in [1.807, 2.05) is 46.4 Å². The minimum Gasteiger partial charge on any atom is -0.460 e. The van der Waals surface area contributed by atoms with E-state index in [1.54, 1.807) is 6.08 Å². The summed E-state index contributed by atoms with van der Waals surface area (Å²) in [6, 6.07) is 0. The molecule has 0 atom stereocenters. The molecule has 1 saturated heterocycles. The van der Waals surface area contributed by atoms with E-state index >= 15 is 0 Å². The number of esters is 1. The Kier molecular flexibility index (Phi) is 6.47. The van der Waals surface area contributed by atoms with Gasteiger partial charge in [0.25, 0.3) is 0 Å². The fourth-order valence-corrected chi connectivity index (χ4v) is 2.19. The predicted octanol–water partition coefficient (Wildman–Crippen LogP) is 3.18. The van der Waals surface area contributed by atoms with Crippen LogP contribution in [0.15, 0.2) is 11.9 Å². The first-order chi connectivity index (χ1) is 10.5. The highest BCUT2D eigenvalue weighted by Crippen LogP contribution is 2.16. The van der Waals surface area contributed by atoms with Crippen molar-refractivity contribution >= 4 is 12.1 Å². The quantitative estimate of drug-likeness (QED) is 0.804. The van der Waals surface area contributed by atoms with Crippen molar-refractivity contribution in [1.29, 1.82) is 0 Å². The van der Waals surface area contributed by atoms with Gasteiger partial charge < -0.3 is 14.4 Å². The van der Waals surface area contributed by atoms with Crippen molar-refractivity contribution in [2.75, 3.05) is 13.1 Å². The standard InChI is InChI=1S/C17H30N2O4/c1-16(2,3)22-14(20)10-9-13(19-11-7-8-12-19)18-15(21)23-17(4,5)6/h9H,7-8,10-12H2,1-6H3,(H,18,21)/b13-9-. The van der Waals surface area contributed by atoms with Crippen LogP contribution in [0.2, 0.25) is 0 Å². The van der Waals surface area contributed by atoms with Gasteiger partial charge in [-0.05, 0) is 60.5 Å². The lowest BCUT2D eigenvalue weighted by Gasteiger charge is -2.25. The number of ether oxygens (including phenoxy) is 2. The molecule has 1 heterocycles. The number of nitrogens with one attached hydrogen (secondary N) is 1. The van der Waals surface area contributed by atoms with E-state index in [0.29, 0.717) is 5.82 Å². The topological polar surface area (TPSA) is 67.9 Å². The maximum Gasteiger partial charge on any atom is 0.413 e. The zero-order valence-corrected chi connectivity index (χ0v) is 15.2. The van der Waals surface area contributed by atoms with Crippen molar-refractivity contribution in [3.63, 3.8) is 0 Å². The van der Waals surface area contributed by atoms with Gasteiger partial charge in [-0.15, -0.1) is 0 Å². The molecule has 6 heteroatoms. The Morgan fingerprint density at radius 2 is 1.52 bits per heavy atom. The van der Waals surface area contributed by atoms with Crippen LogP contribution in [-0.4, -0.2) is 41.3 Å². The number of carbonyl (C=O) groups excluding carboxylic acids is 2. The second-order valence-electron chi connectivity index (χ2n) is 7.70. The first-order valence-electron chi connectivity index (χ1n) is 8.13. The van der Waals surface area contributed by atoms with Gasteiger partial charge in [-0.3, -0.25) is 10.1 Å². The molecule has 1 fully saturated rings. The molecule has 1 aliphatic heterocycles. The average molecular weight is 326 g/mol. The third-order valence-corrected chi connectivity index (χ3v) is 2.96. The van der Waals surface area contributed by atoms with Crippen LogP contribution in [-0.2, 0) is 14.3 Å². The van der Waals surface area contributed by atoms with Crippen LogP contribution in [0.4, 0.5) is 4.79 Å². The smallest absolute Gasteiger partial charge is 0.413 e. The Morgan fingerprint density at radius 3 is 2.00 bits per heavy atom. The van der Waals surface area contributed by atoms with E-state index in [9.17, 15) is 9.59 Å². The Balaban J connectivity index is 2.70. The first-order valence-corrected chi connectivity index (χ1v) is 8.13. The number of nitrogens with zero attached hydrogens (tertiary/aromatic N) is 1. The summed E-state index contributed by atoms with van der Waals surface area (Å²) < 4.78 is 10.6. The number of likely N-dealkylation sites (tertiary alicyclic amines) is 1. The molecule has 6 nitrogen and oxygen atoms in total. The molecule has 23 heavy (non-hydrogen) atoms. The van der Waals surface area contributed by atoms with Gasteiger partial charge in [0.2, 0.25) is 0 Å². The van der Waals surface area contributed by atoms with Gasteiger partial charge in [0.05, 0.1) is 6.42 Å². The summed E-state index contributed by atoms with van der Waals surface area (Å²) in [5, 5.41) is 2.75. The minimum atomic E-state index is -0.564. The molecular weight excluding hydrogens is 296 g/mol. The van der Waals surface area contributed by atoms with Crippen molar-refractivity contribution in [2.24, 2.45) is 0 Å². The molecule has 0 bridgehead atoms. The third kappa shape index (κ3) is 8.47. The van der Waals surface area contributed by atoms with Gasteiger partial charge in [0, 0.05) is 13.1 Å². The fourth-order valence-electron chi connectivity index (χ4n) is 2.19. The monoisotopic (exact) mass is 326 g/mol. The van der Waals surface area contributed by atoms with Crippen molar-refractivity contribution in [3.05, 3.63) is 11.9 Å². The largest absolute Gasteiger partial charge is 0.460 e. The highest BCUT2D eigenvalue weighted by atomic mass is 16.6. The zero-order valence-electron chi connectivity index (χ0n) is 15.2. The summed E-state index contributed by atoms with van der Waals surface area (Å²) >= 11 is 0. The average Bonchev–Trinajstić information content (AvgIpc) is 2.83. The van der Waals surface area contributed by atoms with E-state index in [2.05, 4.69) is 5.32 Å². The molecule has 1 rings (SSSR count). The van der Waals surface area contributed by atoms with Gasteiger partial charge in [-0.2, -0.15) is 0 Å². The number of rotatable bonds is 4. The maximum atomic E-state index is 12.0. The lowest BCUT2D eigenvalue weighted by Crippen LogP contribution is -2.37. The second-order valence-corrected chi connectivity index (χ2v) is 7.70. The minimum absolute atomic E-state index is 0.110. The van der Waals surface area contributed by atoms with Gasteiger partial charge >= 0.3 is 12.1 Å². The van der Waals surface area contributed by atoms with E-state index in [-0.39, 0.29) is 12.4 Å². The van der Waals surface area contributed by atoms with Crippen LogP contribution < -0.4 is 5.32 Å².